The van der Waals surface area contributed by atoms with Crippen molar-refractivity contribution in [1.82, 2.24) is 0 Å². The summed E-state index contributed by atoms with van der Waals surface area (Å²) < 4.78 is 28.7. The Labute approximate surface area is 117 Å². The van der Waals surface area contributed by atoms with Gasteiger partial charge in [-0.3, -0.25) is 0 Å². The first-order chi connectivity index (χ1) is 9.16. The molecule has 0 aromatic heterocycles. The molecule has 0 aliphatic rings. The Kier molecular flexibility index (Phi) is 13.2. The molecule has 0 saturated heterocycles. The number of carbonyl (C=O) groups excluding carboxylic acids is 1. The van der Waals surface area contributed by atoms with Crippen molar-refractivity contribution in [1.29, 1.82) is 0 Å². The van der Waals surface area contributed by atoms with Crippen molar-refractivity contribution in [2.45, 2.75) is 63.5 Å². The van der Waals surface area contributed by atoms with Crippen LogP contribution in [0.15, 0.2) is 12.7 Å². The molecule has 0 amide bonds. The highest BCUT2D eigenvalue weighted by atomic mass is 28.2. The first-order valence-corrected chi connectivity index (χ1v) is 9.06. The number of carbonyl (C=O) groups is 1. The van der Waals surface area contributed by atoms with Gasteiger partial charge in [-0.15, -0.1) is 0 Å². The number of halogens is 2. The maximum absolute atomic E-state index is 11.9. The molecule has 112 valence electrons. The molecule has 0 unspecified atom stereocenters. The van der Waals surface area contributed by atoms with Crippen LogP contribution in [-0.4, -0.2) is 28.1 Å². The van der Waals surface area contributed by atoms with E-state index < -0.39 is 15.6 Å². The molecule has 0 heterocycles. The molecule has 0 aliphatic carbocycles. The fraction of sp³-hybridized carbons (Fsp3) is 0.786. The van der Waals surface area contributed by atoms with Crippen LogP contribution >= 0.6 is 0 Å². The molecule has 0 spiro atoms. The van der Waals surface area contributed by atoms with Crippen LogP contribution in [0.4, 0.5) is 8.78 Å². The average molecular weight is 292 g/mol. The topological polar surface area (TPSA) is 26.3 Å². The lowest BCUT2D eigenvalue weighted by Crippen LogP contribution is -2.02. The summed E-state index contributed by atoms with van der Waals surface area (Å²) in [7, 11) is -1.10. The normalized spacial score (nSPS) is 11.3. The second kappa shape index (κ2) is 13.7. The van der Waals surface area contributed by atoms with Crippen LogP contribution in [0.1, 0.15) is 51.4 Å². The Morgan fingerprint density at radius 1 is 1.05 bits per heavy atom. The second-order valence-electron chi connectivity index (χ2n) is 4.73. The van der Waals surface area contributed by atoms with Crippen LogP contribution in [0.5, 0.6) is 0 Å². The van der Waals surface area contributed by atoms with Crippen LogP contribution in [0.3, 0.4) is 0 Å². The molecular weight excluding hydrogens is 266 g/mol. The van der Waals surface area contributed by atoms with Gasteiger partial charge in [-0.05, 0) is 6.42 Å². The Bertz CT molecular complexity index is 235. The first kappa shape index (κ1) is 18.3. The molecule has 0 aliphatic heterocycles. The zero-order chi connectivity index (χ0) is 14.3. The van der Waals surface area contributed by atoms with Crippen molar-refractivity contribution in [3.05, 3.63) is 12.7 Å². The molecule has 0 radical (unpaired) electrons. The minimum atomic E-state index is -2.00. The number of alkyl halides is 2. The van der Waals surface area contributed by atoms with E-state index in [2.05, 4.69) is 6.58 Å². The van der Waals surface area contributed by atoms with Gasteiger partial charge in [0.05, 0.1) is 6.61 Å². The molecule has 5 heteroatoms. The van der Waals surface area contributed by atoms with Gasteiger partial charge in [-0.1, -0.05) is 57.6 Å². The van der Waals surface area contributed by atoms with Gasteiger partial charge in [0.15, 0.2) is 0 Å². The molecule has 0 aromatic rings. The standard InChI is InChI=1S/C14H26F2O2Si/c1-2-13(17)18-11-9-7-5-3-4-6-8-10-12-19-14(15)16/h2,14H,1,3-12,19H2. The summed E-state index contributed by atoms with van der Waals surface area (Å²) in [5.41, 5.74) is 0. The highest BCUT2D eigenvalue weighted by Gasteiger charge is 2.01. The number of hydrogen-bond acceptors (Lipinski definition) is 2. The molecule has 0 atom stereocenters. The van der Waals surface area contributed by atoms with E-state index >= 15 is 0 Å². The zero-order valence-electron chi connectivity index (χ0n) is 11.7. The molecular formula is C14H26F2O2Si. The summed E-state index contributed by atoms with van der Waals surface area (Å²) in [6, 6.07) is -1.22. The highest BCUT2D eigenvalue weighted by molar-refractivity contribution is 6.36. The summed E-state index contributed by atoms with van der Waals surface area (Å²) in [4.78, 5) is 10.7. The molecule has 0 aromatic carbocycles. The molecule has 0 rings (SSSR count). The third-order valence-corrected chi connectivity index (χ3v) is 4.32. The summed E-state index contributed by atoms with van der Waals surface area (Å²) in [6.07, 6.45) is 9.90. The second-order valence-corrected chi connectivity index (χ2v) is 6.64. The summed E-state index contributed by atoms with van der Waals surface area (Å²) in [5, 5.41) is 0. The summed E-state index contributed by atoms with van der Waals surface area (Å²) in [5.74, 6) is -0.354. The Balaban J connectivity index is 3.03. The van der Waals surface area contributed by atoms with Crippen molar-refractivity contribution in [3.63, 3.8) is 0 Å². The maximum atomic E-state index is 11.9. The highest BCUT2D eigenvalue weighted by Crippen LogP contribution is 2.10. The fourth-order valence-corrected chi connectivity index (χ4v) is 2.82. The largest absolute Gasteiger partial charge is 0.463 e. The van der Waals surface area contributed by atoms with Crippen LogP contribution in [-0.2, 0) is 9.53 Å². The molecule has 0 N–H and O–H groups in total. The van der Waals surface area contributed by atoms with E-state index in [9.17, 15) is 13.6 Å². The minimum absolute atomic E-state index is 0.354. The van der Waals surface area contributed by atoms with Gasteiger partial charge >= 0.3 is 5.97 Å². The predicted octanol–water partition coefficient (Wildman–Crippen LogP) is 3.65. The van der Waals surface area contributed by atoms with Crippen LogP contribution in [0.25, 0.3) is 0 Å². The summed E-state index contributed by atoms with van der Waals surface area (Å²) >= 11 is 0. The van der Waals surface area contributed by atoms with Gasteiger partial charge in [0.2, 0.25) is 6.05 Å². The van der Waals surface area contributed by atoms with Crippen molar-refractivity contribution < 1.29 is 18.3 Å². The average Bonchev–Trinajstić information content (AvgIpc) is 2.39. The van der Waals surface area contributed by atoms with E-state index in [0.717, 1.165) is 44.6 Å². The van der Waals surface area contributed by atoms with E-state index in [1.165, 1.54) is 18.9 Å². The summed E-state index contributed by atoms with van der Waals surface area (Å²) in [6.45, 7) is 3.80. The number of ether oxygens (including phenoxy) is 1. The van der Waals surface area contributed by atoms with E-state index in [1.807, 2.05) is 0 Å². The molecule has 19 heavy (non-hydrogen) atoms. The lowest BCUT2D eigenvalue weighted by atomic mass is 10.1. The van der Waals surface area contributed by atoms with E-state index in [1.54, 1.807) is 0 Å². The van der Waals surface area contributed by atoms with Crippen molar-refractivity contribution >= 4 is 15.5 Å². The lowest BCUT2D eigenvalue weighted by Gasteiger charge is -2.03. The van der Waals surface area contributed by atoms with E-state index in [0.29, 0.717) is 6.61 Å². The van der Waals surface area contributed by atoms with Crippen molar-refractivity contribution in [3.8, 4) is 0 Å². The van der Waals surface area contributed by atoms with Gasteiger partial charge in [-0.25, -0.2) is 13.6 Å². The van der Waals surface area contributed by atoms with Crippen LogP contribution in [0, 0.1) is 0 Å². The smallest absolute Gasteiger partial charge is 0.330 e. The zero-order valence-corrected chi connectivity index (χ0v) is 13.1. The lowest BCUT2D eigenvalue weighted by molar-refractivity contribution is -0.137. The third-order valence-electron chi connectivity index (χ3n) is 2.98. The van der Waals surface area contributed by atoms with Gasteiger partial charge in [0, 0.05) is 6.08 Å². The van der Waals surface area contributed by atoms with Crippen LogP contribution in [0.2, 0.25) is 6.04 Å². The number of esters is 1. The van der Waals surface area contributed by atoms with E-state index in [-0.39, 0.29) is 5.97 Å². The SMILES string of the molecule is C=CC(=O)OCCCCCCCCCC[SiH2]C(F)F. The van der Waals surface area contributed by atoms with Gasteiger partial charge in [0.1, 0.15) is 9.52 Å². The number of hydrogen-bond donors (Lipinski definition) is 0. The van der Waals surface area contributed by atoms with Crippen molar-refractivity contribution in [2.75, 3.05) is 6.61 Å². The Morgan fingerprint density at radius 3 is 2.11 bits per heavy atom. The van der Waals surface area contributed by atoms with Crippen molar-refractivity contribution in [2.24, 2.45) is 0 Å². The maximum Gasteiger partial charge on any atom is 0.330 e. The molecule has 0 fully saturated rings. The third kappa shape index (κ3) is 15.2. The molecule has 2 nitrogen and oxygen atoms in total. The quantitative estimate of drug-likeness (QED) is 0.224. The van der Waals surface area contributed by atoms with Gasteiger partial charge in [0.25, 0.3) is 0 Å². The monoisotopic (exact) mass is 292 g/mol. The van der Waals surface area contributed by atoms with Crippen LogP contribution < -0.4 is 0 Å². The first-order valence-electron chi connectivity index (χ1n) is 7.24. The molecule has 0 bridgehead atoms. The fourth-order valence-electron chi connectivity index (χ4n) is 1.87. The minimum Gasteiger partial charge on any atom is -0.463 e. The van der Waals surface area contributed by atoms with Gasteiger partial charge < -0.3 is 4.74 Å². The van der Waals surface area contributed by atoms with E-state index in [4.69, 9.17) is 4.74 Å². The predicted molar refractivity (Wildman–Crippen MR) is 77.4 cm³/mol. The number of unbranched alkanes of at least 4 members (excludes halogenated alkanes) is 7. The Morgan fingerprint density at radius 2 is 1.58 bits per heavy atom. The van der Waals surface area contributed by atoms with Gasteiger partial charge in [-0.2, -0.15) is 0 Å². The number of rotatable bonds is 13. The molecule has 0 saturated carbocycles. The Hall–Kier alpha value is -0.713.